The van der Waals surface area contributed by atoms with Gasteiger partial charge < -0.3 is 9.30 Å². The monoisotopic (exact) mass is 247 g/mol. The van der Waals surface area contributed by atoms with Crippen molar-refractivity contribution < 1.29 is 9.53 Å². The molecule has 2 rings (SSSR count). The first kappa shape index (κ1) is 12.1. The summed E-state index contributed by atoms with van der Waals surface area (Å²) in [6.45, 7) is 1.97. The highest BCUT2D eigenvalue weighted by Gasteiger charge is 2.04. The van der Waals surface area contributed by atoms with E-state index in [1.807, 2.05) is 0 Å². The molecule has 6 heteroatoms. The summed E-state index contributed by atoms with van der Waals surface area (Å²) in [5.74, 6) is -0.395. The molecule has 0 unspecified atom stereocenters. The highest BCUT2D eigenvalue weighted by Crippen LogP contribution is 1.98. The van der Waals surface area contributed by atoms with E-state index in [0.717, 1.165) is 0 Å². The summed E-state index contributed by atoms with van der Waals surface area (Å²) in [5.41, 5.74) is 0.823. The fourth-order valence-corrected chi connectivity index (χ4v) is 1.58. The van der Waals surface area contributed by atoms with Crippen LogP contribution in [0, 0.1) is 0 Å². The first-order chi connectivity index (χ1) is 8.63. The maximum atomic E-state index is 12.0. The number of ether oxygens (including phenoxy) is 1. The van der Waals surface area contributed by atoms with Crippen molar-refractivity contribution in [1.82, 2.24) is 14.2 Å². The van der Waals surface area contributed by atoms with Gasteiger partial charge in [-0.05, 0) is 13.0 Å². The highest BCUT2D eigenvalue weighted by atomic mass is 16.5. The Hall–Kier alpha value is -2.37. The van der Waals surface area contributed by atoms with Crippen LogP contribution in [0.3, 0.4) is 0 Å². The second-order valence-corrected chi connectivity index (χ2v) is 3.80. The Morgan fingerprint density at radius 2 is 2.28 bits per heavy atom. The van der Waals surface area contributed by atoms with Gasteiger partial charge in [-0.3, -0.25) is 4.79 Å². The molecule has 2 aromatic rings. The summed E-state index contributed by atoms with van der Waals surface area (Å²) in [4.78, 5) is 23.2. The first-order valence-corrected chi connectivity index (χ1v) is 5.41. The minimum Gasteiger partial charge on any atom is -0.466 e. The predicted octanol–water partition coefficient (Wildman–Crippen LogP) is 0.615. The van der Waals surface area contributed by atoms with E-state index in [-0.39, 0.29) is 5.56 Å². The maximum Gasteiger partial charge on any atom is 0.333 e. The number of hydrogen-bond donors (Lipinski definition) is 0. The number of nitrogens with zero attached hydrogens (tertiary/aromatic N) is 3. The van der Waals surface area contributed by atoms with E-state index in [1.165, 1.54) is 16.2 Å². The maximum absolute atomic E-state index is 12.0. The Labute approximate surface area is 103 Å². The van der Waals surface area contributed by atoms with Crippen LogP contribution in [0.15, 0.2) is 41.1 Å². The van der Waals surface area contributed by atoms with Crippen molar-refractivity contribution in [2.75, 3.05) is 7.11 Å². The van der Waals surface area contributed by atoms with Crippen LogP contribution in [0.1, 0.15) is 6.92 Å². The smallest absolute Gasteiger partial charge is 0.333 e. The SMILES string of the molecule is COC(=O)/C(C)=C/Cn1ccn2nccc2c1=O. The zero-order valence-corrected chi connectivity index (χ0v) is 10.2. The molecule has 2 aromatic heterocycles. The fraction of sp³-hybridized carbons (Fsp3) is 0.250. The van der Waals surface area contributed by atoms with Gasteiger partial charge in [-0.2, -0.15) is 5.10 Å². The molecular formula is C12H13N3O3. The third-order valence-corrected chi connectivity index (χ3v) is 2.64. The Morgan fingerprint density at radius 3 is 3.00 bits per heavy atom. The lowest BCUT2D eigenvalue weighted by Gasteiger charge is -2.03. The number of allylic oxidation sites excluding steroid dienone is 1. The molecule has 0 bridgehead atoms. The van der Waals surface area contributed by atoms with Crippen LogP contribution in [-0.2, 0) is 16.1 Å². The fourth-order valence-electron chi connectivity index (χ4n) is 1.58. The van der Waals surface area contributed by atoms with Gasteiger partial charge >= 0.3 is 5.97 Å². The van der Waals surface area contributed by atoms with Crippen molar-refractivity contribution in [2.24, 2.45) is 0 Å². The van der Waals surface area contributed by atoms with E-state index in [4.69, 9.17) is 0 Å². The van der Waals surface area contributed by atoms with E-state index in [2.05, 4.69) is 9.84 Å². The van der Waals surface area contributed by atoms with Crippen LogP contribution in [-0.4, -0.2) is 27.3 Å². The molecule has 0 atom stereocenters. The summed E-state index contributed by atoms with van der Waals surface area (Å²) in [5, 5.41) is 3.97. The summed E-state index contributed by atoms with van der Waals surface area (Å²) in [7, 11) is 1.32. The highest BCUT2D eigenvalue weighted by molar-refractivity contribution is 5.87. The largest absolute Gasteiger partial charge is 0.466 e. The zero-order chi connectivity index (χ0) is 13.1. The second kappa shape index (κ2) is 4.87. The van der Waals surface area contributed by atoms with Gasteiger partial charge in [0.15, 0.2) is 0 Å². The van der Waals surface area contributed by atoms with Crippen LogP contribution < -0.4 is 5.56 Å². The number of hydrogen-bond acceptors (Lipinski definition) is 4. The number of methoxy groups -OCH3 is 1. The second-order valence-electron chi connectivity index (χ2n) is 3.80. The average molecular weight is 247 g/mol. The topological polar surface area (TPSA) is 65.6 Å². The van der Waals surface area contributed by atoms with Gasteiger partial charge in [-0.15, -0.1) is 0 Å². The number of carbonyl (C=O) groups excluding carboxylic acids is 1. The number of fused-ring (bicyclic) bond motifs is 1. The molecule has 2 heterocycles. The van der Waals surface area contributed by atoms with E-state index in [0.29, 0.717) is 17.6 Å². The summed E-state index contributed by atoms with van der Waals surface area (Å²) in [6.07, 6.45) is 6.54. The number of aromatic nitrogens is 3. The van der Waals surface area contributed by atoms with Crippen LogP contribution >= 0.6 is 0 Å². The minimum absolute atomic E-state index is 0.149. The third kappa shape index (κ3) is 2.17. The Balaban J connectivity index is 2.30. The predicted molar refractivity (Wildman–Crippen MR) is 65.2 cm³/mol. The van der Waals surface area contributed by atoms with E-state index < -0.39 is 5.97 Å². The molecule has 18 heavy (non-hydrogen) atoms. The summed E-state index contributed by atoms with van der Waals surface area (Å²) in [6, 6.07) is 1.65. The van der Waals surface area contributed by atoms with Crippen molar-refractivity contribution in [3.8, 4) is 0 Å². The lowest BCUT2D eigenvalue weighted by molar-refractivity contribution is -0.136. The molecule has 0 N–H and O–H groups in total. The van der Waals surface area contributed by atoms with Gasteiger partial charge in [0.25, 0.3) is 5.56 Å². The van der Waals surface area contributed by atoms with Gasteiger partial charge in [0.2, 0.25) is 0 Å². The van der Waals surface area contributed by atoms with Crippen molar-refractivity contribution in [1.29, 1.82) is 0 Å². The molecule has 0 amide bonds. The van der Waals surface area contributed by atoms with Gasteiger partial charge in [-0.25, -0.2) is 9.31 Å². The Bertz CT molecular complexity index is 667. The van der Waals surface area contributed by atoms with Gasteiger partial charge in [-0.1, -0.05) is 6.08 Å². The molecule has 0 spiro atoms. The number of carbonyl (C=O) groups is 1. The Kier molecular flexibility index (Phi) is 3.27. The lowest BCUT2D eigenvalue weighted by Crippen LogP contribution is -2.21. The standard InChI is InChI=1S/C12H13N3O3/c1-9(12(17)18-2)4-6-14-7-8-15-10(11(14)16)3-5-13-15/h3-5,7-8H,6H2,1-2H3/b9-4+. The molecule has 0 aliphatic carbocycles. The van der Waals surface area contributed by atoms with Gasteiger partial charge in [0.05, 0.1) is 13.3 Å². The molecule has 0 fully saturated rings. The number of esters is 1. The molecule has 0 saturated heterocycles. The molecule has 0 aliphatic heterocycles. The van der Waals surface area contributed by atoms with E-state index >= 15 is 0 Å². The van der Waals surface area contributed by atoms with Crippen LogP contribution in [0.5, 0.6) is 0 Å². The molecule has 6 nitrogen and oxygen atoms in total. The zero-order valence-electron chi connectivity index (χ0n) is 10.2. The third-order valence-electron chi connectivity index (χ3n) is 2.64. The van der Waals surface area contributed by atoms with E-state index in [1.54, 1.807) is 37.7 Å². The molecule has 94 valence electrons. The first-order valence-electron chi connectivity index (χ1n) is 5.41. The van der Waals surface area contributed by atoms with Crippen molar-refractivity contribution >= 4 is 11.5 Å². The van der Waals surface area contributed by atoms with Crippen molar-refractivity contribution in [2.45, 2.75) is 13.5 Å². The number of rotatable bonds is 3. The normalized spacial score (nSPS) is 11.8. The van der Waals surface area contributed by atoms with Crippen LogP contribution in [0.25, 0.3) is 5.52 Å². The Morgan fingerprint density at radius 1 is 1.50 bits per heavy atom. The molecule has 0 aliphatic rings. The van der Waals surface area contributed by atoms with Crippen LogP contribution in [0.4, 0.5) is 0 Å². The molecule has 0 saturated carbocycles. The lowest BCUT2D eigenvalue weighted by atomic mass is 10.3. The molecular weight excluding hydrogens is 234 g/mol. The van der Waals surface area contributed by atoms with Crippen molar-refractivity contribution in [3.05, 3.63) is 46.7 Å². The average Bonchev–Trinajstić information content (AvgIpc) is 2.85. The summed E-state index contributed by atoms with van der Waals surface area (Å²) < 4.78 is 7.59. The van der Waals surface area contributed by atoms with Gasteiger partial charge in [0, 0.05) is 24.5 Å². The minimum atomic E-state index is -0.395. The quantitative estimate of drug-likeness (QED) is 0.589. The molecule has 0 radical (unpaired) electrons. The molecule has 0 aromatic carbocycles. The van der Waals surface area contributed by atoms with Crippen LogP contribution in [0.2, 0.25) is 0 Å². The summed E-state index contributed by atoms with van der Waals surface area (Å²) >= 11 is 0. The van der Waals surface area contributed by atoms with Crippen molar-refractivity contribution in [3.63, 3.8) is 0 Å². The van der Waals surface area contributed by atoms with Gasteiger partial charge in [0.1, 0.15) is 5.52 Å². The van der Waals surface area contributed by atoms with E-state index in [9.17, 15) is 9.59 Å².